The summed E-state index contributed by atoms with van der Waals surface area (Å²) in [4.78, 5) is 7.13. The van der Waals surface area contributed by atoms with Gasteiger partial charge in [-0.3, -0.25) is 0 Å². The van der Waals surface area contributed by atoms with Gasteiger partial charge in [-0.15, -0.1) is 0 Å². The van der Waals surface area contributed by atoms with Gasteiger partial charge in [0.25, 0.3) is 0 Å². The Labute approximate surface area is 115 Å². The molecule has 1 aromatic rings. The van der Waals surface area contributed by atoms with Crippen LogP contribution in [0.2, 0.25) is 0 Å². The molecule has 1 fully saturated rings. The van der Waals surface area contributed by atoms with E-state index in [9.17, 15) is 0 Å². The van der Waals surface area contributed by atoms with E-state index in [-0.39, 0.29) is 0 Å². The van der Waals surface area contributed by atoms with Crippen LogP contribution in [-0.2, 0) is 11.2 Å². The largest absolute Gasteiger partial charge is 0.383 e. The minimum atomic E-state index is 0.309. The lowest BCUT2D eigenvalue weighted by atomic mass is 10.1. The zero-order valence-electron chi connectivity index (χ0n) is 12.3. The van der Waals surface area contributed by atoms with E-state index in [0.29, 0.717) is 18.7 Å². The maximum absolute atomic E-state index is 5.98. The molecule has 5 heteroatoms. The Morgan fingerprint density at radius 2 is 2.16 bits per heavy atom. The normalized spacial score (nSPS) is 18.8. The van der Waals surface area contributed by atoms with Gasteiger partial charge in [-0.05, 0) is 26.2 Å². The van der Waals surface area contributed by atoms with Crippen molar-refractivity contribution in [1.29, 1.82) is 0 Å². The Morgan fingerprint density at radius 3 is 2.74 bits per heavy atom. The average molecular weight is 266 g/mol. The van der Waals surface area contributed by atoms with Gasteiger partial charge in [-0.2, -0.15) is 0 Å². The summed E-state index contributed by atoms with van der Waals surface area (Å²) >= 11 is 0. The third-order valence-corrected chi connectivity index (χ3v) is 3.83. The number of nitrogens with zero attached hydrogens (tertiary/aromatic N) is 3. The smallest absolute Gasteiger partial charge is 0.206 e. The molecule has 1 aliphatic rings. The quantitative estimate of drug-likeness (QED) is 0.879. The molecule has 1 saturated heterocycles. The highest BCUT2D eigenvalue weighted by molar-refractivity contribution is 5.35. The number of hydrogen-bond donors (Lipinski definition) is 1. The molecule has 5 nitrogen and oxygen atoms in total. The number of piperidine rings is 1. The molecule has 0 amide bonds. The molecule has 0 aromatic carbocycles. The minimum absolute atomic E-state index is 0.309. The predicted octanol–water partition coefficient (Wildman–Crippen LogP) is 1.58. The number of aryl methyl sites for hydroxylation is 1. The fourth-order valence-corrected chi connectivity index (χ4v) is 2.58. The first-order valence-corrected chi connectivity index (χ1v) is 7.22. The number of nitrogens with two attached hydrogens (primary N) is 1. The summed E-state index contributed by atoms with van der Waals surface area (Å²) < 4.78 is 7.52. The number of imidazole rings is 1. The summed E-state index contributed by atoms with van der Waals surface area (Å²) in [6, 6.07) is 0.658. The third-order valence-electron chi connectivity index (χ3n) is 3.83. The van der Waals surface area contributed by atoms with E-state index in [1.807, 2.05) is 0 Å². The fraction of sp³-hybridized carbons (Fsp3) is 0.786. The van der Waals surface area contributed by atoms with Gasteiger partial charge in [0.2, 0.25) is 5.95 Å². The van der Waals surface area contributed by atoms with Crippen molar-refractivity contribution in [2.75, 3.05) is 31.7 Å². The zero-order valence-corrected chi connectivity index (χ0v) is 12.3. The first kappa shape index (κ1) is 14.3. The van der Waals surface area contributed by atoms with Gasteiger partial charge in [0.15, 0.2) is 0 Å². The van der Waals surface area contributed by atoms with Crippen LogP contribution < -0.4 is 10.6 Å². The molecule has 0 spiro atoms. The van der Waals surface area contributed by atoms with Crippen molar-refractivity contribution in [1.82, 2.24) is 9.55 Å². The van der Waals surface area contributed by atoms with E-state index in [4.69, 9.17) is 15.5 Å². The van der Waals surface area contributed by atoms with Crippen molar-refractivity contribution in [3.05, 3.63) is 11.9 Å². The van der Waals surface area contributed by atoms with Crippen LogP contribution in [0.15, 0.2) is 6.20 Å². The number of anilines is 1. The van der Waals surface area contributed by atoms with Crippen LogP contribution in [0.5, 0.6) is 0 Å². The maximum Gasteiger partial charge on any atom is 0.206 e. The average Bonchev–Trinajstić information content (AvgIpc) is 2.84. The Hall–Kier alpha value is -1.07. The summed E-state index contributed by atoms with van der Waals surface area (Å²) in [7, 11) is 1.74. The Balaban J connectivity index is 2.20. The summed E-state index contributed by atoms with van der Waals surface area (Å²) in [6.07, 6.45) is 5.22. The molecule has 1 atom stereocenters. The molecule has 2 rings (SSSR count). The van der Waals surface area contributed by atoms with Crippen molar-refractivity contribution in [3.63, 3.8) is 0 Å². The fourth-order valence-electron chi connectivity index (χ4n) is 2.58. The van der Waals surface area contributed by atoms with Crippen LogP contribution in [0, 0.1) is 0 Å². The van der Waals surface area contributed by atoms with E-state index < -0.39 is 0 Å². The molecule has 0 saturated carbocycles. The number of aromatic nitrogens is 2. The molecular weight excluding hydrogens is 240 g/mol. The highest BCUT2D eigenvalue weighted by Gasteiger charge is 2.22. The van der Waals surface area contributed by atoms with E-state index in [1.165, 1.54) is 0 Å². The van der Waals surface area contributed by atoms with Crippen LogP contribution in [0.3, 0.4) is 0 Å². The maximum atomic E-state index is 5.98. The van der Waals surface area contributed by atoms with Gasteiger partial charge < -0.3 is 19.9 Å². The molecule has 2 N–H and O–H groups in total. The number of rotatable bonds is 5. The SMILES string of the molecule is CCc1cn(C(C)COC)c(N2CCC(N)CC2)n1. The van der Waals surface area contributed by atoms with Crippen molar-refractivity contribution in [3.8, 4) is 0 Å². The van der Waals surface area contributed by atoms with Crippen molar-refractivity contribution in [2.24, 2.45) is 5.73 Å². The van der Waals surface area contributed by atoms with Crippen LogP contribution in [0.1, 0.15) is 38.4 Å². The third kappa shape index (κ3) is 3.28. The van der Waals surface area contributed by atoms with Gasteiger partial charge in [-0.25, -0.2) is 4.98 Å². The number of hydrogen-bond acceptors (Lipinski definition) is 4. The van der Waals surface area contributed by atoms with Gasteiger partial charge in [0.05, 0.1) is 18.3 Å². The summed E-state index contributed by atoms with van der Waals surface area (Å²) in [5, 5.41) is 0. The highest BCUT2D eigenvalue weighted by Crippen LogP contribution is 2.23. The molecular formula is C14H26N4O. The molecule has 0 bridgehead atoms. The minimum Gasteiger partial charge on any atom is -0.383 e. The van der Waals surface area contributed by atoms with E-state index >= 15 is 0 Å². The number of methoxy groups -OCH3 is 1. The first-order valence-electron chi connectivity index (χ1n) is 7.22. The number of ether oxygens (including phenoxy) is 1. The molecule has 1 unspecified atom stereocenters. The molecule has 0 aliphatic carbocycles. The molecule has 1 aliphatic heterocycles. The highest BCUT2D eigenvalue weighted by atomic mass is 16.5. The predicted molar refractivity (Wildman–Crippen MR) is 77.6 cm³/mol. The molecule has 1 aromatic heterocycles. The van der Waals surface area contributed by atoms with Crippen LogP contribution in [-0.4, -0.2) is 42.4 Å². The molecule has 19 heavy (non-hydrogen) atoms. The van der Waals surface area contributed by atoms with Crippen LogP contribution >= 0.6 is 0 Å². The monoisotopic (exact) mass is 266 g/mol. The lowest BCUT2D eigenvalue weighted by Gasteiger charge is -2.32. The zero-order chi connectivity index (χ0) is 13.8. The molecule has 108 valence electrons. The summed E-state index contributed by atoms with van der Waals surface area (Å²) in [5.41, 5.74) is 7.12. The van der Waals surface area contributed by atoms with Gasteiger partial charge in [0.1, 0.15) is 0 Å². The topological polar surface area (TPSA) is 56.3 Å². The summed E-state index contributed by atoms with van der Waals surface area (Å²) in [6.45, 7) is 7.02. The van der Waals surface area contributed by atoms with Crippen molar-refractivity contribution >= 4 is 5.95 Å². The van der Waals surface area contributed by atoms with Crippen LogP contribution in [0.25, 0.3) is 0 Å². The van der Waals surface area contributed by atoms with Gasteiger partial charge in [-0.1, -0.05) is 6.92 Å². The lowest BCUT2D eigenvalue weighted by Crippen LogP contribution is -2.41. The van der Waals surface area contributed by atoms with Gasteiger partial charge in [0, 0.05) is 32.4 Å². The Morgan fingerprint density at radius 1 is 1.47 bits per heavy atom. The second-order valence-electron chi connectivity index (χ2n) is 5.42. The van der Waals surface area contributed by atoms with E-state index in [2.05, 4.69) is 29.5 Å². The van der Waals surface area contributed by atoms with E-state index in [0.717, 1.165) is 44.0 Å². The Kier molecular flexibility index (Phi) is 4.82. The second kappa shape index (κ2) is 6.39. The van der Waals surface area contributed by atoms with Crippen LogP contribution in [0.4, 0.5) is 5.95 Å². The first-order chi connectivity index (χ1) is 9.15. The Bertz CT molecular complexity index is 396. The lowest BCUT2D eigenvalue weighted by molar-refractivity contribution is 0.162. The molecule has 2 heterocycles. The van der Waals surface area contributed by atoms with Gasteiger partial charge >= 0.3 is 0 Å². The standard InChI is InChI=1S/C14H26N4O/c1-4-13-9-18(11(2)10-19-3)14(16-13)17-7-5-12(15)6-8-17/h9,11-12H,4-8,10,15H2,1-3H3. The molecule has 0 radical (unpaired) electrons. The van der Waals surface area contributed by atoms with E-state index in [1.54, 1.807) is 7.11 Å². The van der Waals surface area contributed by atoms with Crippen molar-refractivity contribution < 1.29 is 4.74 Å². The second-order valence-corrected chi connectivity index (χ2v) is 5.42. The van der Waals surface area contributed by atoms with Crippen molar-refractivity contribution in [2.45, 2.75) is 45.2 Å². The summed E-state index contributed by atoms with van der Waals surface area (Å²) in [5.74, 6) is 1.08.